The molecule has 34 heavy (non-hydrogen) atoms. The van der Waals surface area contributed by atoms with Crippen molar-refractivity contribution in [2.24, 2.45) is 4.99 Å². The van der Waals surface area contributed by atoms with Gasteiger partial charge in [-0.05, 0) is 66.5 Å². The van der Waals surface area contributed by atoms with Gasteiger partial charge in [-0.25, -0.2) is 9.79 Å². The fraction of sp³-hybridized carbons (Fsp3) is 0.0968. The summed E-state index contributed by atoms with van der Waals surface area (Å²) in [5.41, 5.74) is 8.23. The second-order valence-electron chi connectivity index (χ2n) is 8.13. The summed E-state index contributed by atoms with van der Waals surface area (Å²) < 4.78 is 5.89. The number of esters is 1. The molecule has 0 aromatic heterocycles. The minimum absolute atomic E-state index is 0.382. The van der Waals surface area contributed by atoms with E-state index in [0.29, 0.717) is 5.57 Å². The van der Waals surface area contributed by atoms with E-state index in [1.807, 2.05) is 67.6 Å². The molecule has 3 aromatic carbocycles. The molecular formula is C31H27NO2. The first-order valence-electron chi connectivity index (χ1n) is 11.2. The van der Waals surface area contributed by atoms with Crippen molar-refractivity contribution in [1.29, 1.82) is 0 Å². The molecule has 1 aliphatic carbocycles. The summed E-state index contributed by atoms with van der Waals surface area (Å²) in [6.45, 7) is 11.2. The molecule has 0 amide bonds. The molecule has 0 N–H and O–H groups in total. The van der Waals surface area contributed by atoms with Crippen LogP contribution in [0.3, 0.4) is 0 Å². The van der Waals surface area contributed by atoms with Crippen molar-refractivity contribution in [2.75, 3.05) is 0 Å². The molecule has 0 heterocycles. The van der Waals surface area contributed by atoms with Crippen molar-refractivity contribution >= 4 is 29.0 Å². The fourth-order valence-corrected chi connectivity index (χ4v) is 4.03. The van der Waals surface area contributed by atoms with E-state index in [1.54, 1.807) is 13.0 Å². The zero-order chi connectivity index (χ0) is 24.1. The average Bonchev–Trinajstić information content (AvgIpc) is 2.86. The van der Waals surface area contributed by atoms with Crippen molar-refractivity contribution < 1.29 is 9.53 Å². The second-order valence-corrected chi connectivity index (χ2v) is 8.13. The Hall–Kier alpha value is -4.24. The smallest absolute Gasteiger partial charge is 0.334 e. The van der Waals surface area contributed by atoms with Crippen LogP contribution in [0.25, 0.3) is 11.6 Å². The van der Waals surface area contributed by atoms with Crippen LogP contribution in [0.15, 0.2) is 115 Å². The number of aliphatic imine (C=N–C) groups is 1. The van der Waals surface area contributed by atoms with Crippen LogP contribution < -0.4 is 0 Å². The first-order chi connectivity index (χ1) is 16.5. The van der Waals surface area contributed by atoms with Gasteiger partial charge in [-0.15, -0.1) is 0 Å². The summed E-state index contributed by atoms with van der Waals surface area (Å²) in [4.78, 5) is 17.0. The summed E-state index contributed by atoms with van der Waals surface area (Å²) in [5.74, 6) is -0.394. The summed E-state index contributed by atoms with van der Waals surface area (Å²) in [6.07, 6.45) is 7.30. The van der Waals surface area contributed by atoms with Gasteiger partial charge in [0.15, 0.2) is 6.10 Å². The van der Waals surface area contributed by atoms with Gasteiger partial charge in [-0.1, -0.05) is 79.9 Å². The normalized spacial score (nSPS) is 14.8. The van der Waals surface area contributed by atoms with E-state index in [-0.39, 0.29) is 0 Å². The van der Waals surface area contributed by atoms with Crippen molar-refractivity contribution in [3.8, 4) is 0 Å². The quantitative estimate of drug-likeness (QED) is 0.222. The molecule has 0 radical (unpaired) electrons. The number of hydrogen-bond acceptors (Lipinski definition) is 3. The van der Waals surface area contributed by atoms with Crippen LogP contribution in [0.5, 0.6) is 0 Å². The third-order valence-electron chi connectivity index (χ3n) is 5.65. The van der Waals surface area contributed by atoms with Gasteiger partial charge in [-0.2, -0.15) is 0 Å². The monoisotopic (exact) mass is 445 g/mol. The SMILES string of the molecule is C=CC(C=CC)=Nc1ccc(C=C2c3ccccc3C(OC(=O)C(=C)C)c3ccccc32)cc1. The van der Waals surface area contributed by atoms with Gasteiger partial charge in [0, 0.05) is 16.7 Å². The Labute approximate surface area is 201 Å². The van der Waals surface area contributed by atoms with Gasteiger partial charge in [0.1, 0.15) is 0 Å². The Morgan fingerprint density at radius 2 is 1.53 bits per heavy atom. The molecule has 1 aliphatic rings. The van der Waals surface area contributed by atoms with E-state index in [0.717, 1.165) is 44.8 Å². The van der Waals surface area contributed by atoms with Crippen molar-refractivity contribution in [3.63, 3.8) is 0 Å². The Morgan fingerprint density at radius 3 is 2.06 bits per heavy atom. The van der Waals surface area contributed by atoms with Crippen LogP contribution in [0, 0.1) is 0 Å². The van der Waals surface area contributed by atoms with E-state index in [9.17, 15) is 4.79 Å². The van der Waals surface area contributed by atoms with Crippen molar-refractivity contribution in [3.05, 3.63) is 138 Å². The zero-order valence-electron chi connectivity index (χ0n) is 19.5. The van der Waals surface area contributed by atoms with Crippen LogP contribution in [0.4, 0.5) is 5.69 Å². The summed E-state index contributed by atoms with van der Waals surface area (Å²) >= 11 is 0. The van der Waals surface area contributed by atoms with E-state index in [4.69, 9.17) is 4.74 Å². The van der Waals surface area contributed by atoms with E-state index in [2.05, 4.69) is 48.5 Å². The molecule has 0 bridgehead atoms. The predicted molar refractivity (Wildman–Crippen MR) is 141 cm³/mol. The second kappa shape index (κ2) is 10.1. The topological polar surface area (TPSA) is 38.7 Å². The third kappa shape index (κ3) is 4.74. The van der Waals surface area contributed by atoms with Crippen LogP contribution in [-0.4, -0.2) is 11.7 Å². The maximum Gasteiger partial charge on any atom is 0.334 e. The fourth-order valence-electron chi connectivity index (χ4n) is 4.03. The van der Waals surface area contributed by atoms with Crippen molar-refractivity contribution in [1.82, 2.24) is 0 Å². The molecule has 0 spiro atoms. The Bertz CT molecular complexity index is 1290. The maximum absolute atomic E-state index is 12.4. The minimum atomic E-state index is -0.477. The lowest BCUT2D eigenvalue weighted by Gasteiger charge is -2.30. The lowest BCUT2D eigenvalue weighted by molar-refractivity contribution is -0.142. The Morgan fingerprint density at radius 1 is 0.941 bits per heavy atom. The van der Waals surface area contributed by atoms with Gasteiger partial charge in [0.25, 0.3) is 0 Å². The highest BCUT2D eigenvalue weighted by molar-refractivity contribution is 6.05. The lowest BCUT2D eigenvalue weighted by Crippen LogP contribution is -2.19. The third-order valence-corrected chi connectivity index (χ3v) is 5.65. The lowest BCUT2D eigenvalue weighted by atomic mass is 9.79. The number of fused-ring (bicyclic) bond motifs is 2. The van der Waals surface area contributed by atoms with Crippen LogP contribution in [-0.2, 0) is 9.53 Å². The summed E-state index contributed by atoms with van der Waals surface area (Å²) in [6, 6.07) is 24.3. The molecule has 0 saturated carbocycles. The minimum Gasteiger partial charge on any atom is -0.449 e. The van der Waals surface area contributed by atoms with Gasteiger partial charge >= 0.3 is 5.97 Å². The van der Waals surface area contributed by atoms with E-state index >= 15 is 0 Å². The zero-order valence-corrected chi connectivity index (χ0v) is 19.5. The highest BCUT2D eigenvalue weighted by Crippen LogP contribution is 2.44. The van der Waals surface area contributed by atoms with Crippen LogP contribution in [0.1, 0.15) is 47.8 Å². The van der Waals surface area contributed by atoms with Gasteiger partial charge in [0.05, 0.1) is 11.4 Å². The molecule has 0 fully saturated rings. The highest BCUT2D eigenvalue weighted by atomic mass is 16.5. The molecular weight excluding hydrogens is 418 g/mol. The van der Waals surface area contributed by atoms with Gasteiger partial charge < -0.3 is 4.74 Å². The number of nitrogens with zero attached hydrogens (tertiary/aromatic N) is 1. The Balaban J connectivity index is 1.78. The molecule has 4 rings (SSSR count). The molecule has 3 aromatic rings. The standard InChI is InChI=1S/C31H27NO2/c1-5-11-23(6-2)32-24-18-16-22(17-19-24)20-29-25-12-7-9-14-27(25)30(34-31(33)21(3)4)28-15-10-8-13-26(28)29/h5-20,30H,2-3H2,1,4H3. The largest absolute Gasteiger partial charge is 0.449 e. The number of carbonyl (C=O) groups is 1. The maximum atomic E-state index is 12.4. The average molecular weight is 446 g/mol. The highest BCUT2D eigenvalue weighted by Gasteiger charge is 2.31. The van der Waals surface area contributed by atoms with Crippen molar-refractivity contribution in [2.45, 2.75) is 20.0 Å². The molecule has 0 saturated heterocycles. The Kier molecular flexibility index (Phi) is 6.84. The number of hydrogen-bond donors (Lipinski definition) is 0. The molecule has 0 unspecified atom stereocenters. The molecule has 3 nitrogen and oxygen atoms in total. The summed E-state index contributed by atoms with van der Waals surface area (Å²) in [5, 5.41) is 0. The van der Waals surface area contributed by atoms with E-state index in [1.165, 1.54) is 0 Å². The predicted octanol–water partition coefficient (Wildman–Crippen LogP) is 7.63. The molecule has 0 aliphatic heterocycles. The number of carbonyl (C=O) groups excluding carboxylic acids is 1. The van der Waals surface area contributed by atoms with Crippen LogP contribution in [0.2, 0.25) is 0 Å². The van der Waals surface area contributed by atoms with Crippen LogP contribution >= 0.6 is 0 Å². The molecule has 3 heteroatoms. The number of rotatable bonds is 6. The first kappa shape index (κ1) is 22.9. The first-order valence-corrected chi connectivity index (χ1v) is 11.2. The molecule has 168 valence electrons. The van der Waals surface area contributed by atoms with Gasteiger partial charge in [-0.3, -0.25) is 0 Å². The number of benzene rings is 3. The number of ether oxygens (including phenoxy) is 1. The van der Waals surface area contributed by atoms with Gasteiger partial charge in [0.2, 0.25) is 0 Å². The number of allylic oxidation sites excluding steroid dienone is 3. The van der Waals surface area contributed by atoms with E-state index < -0.39 is 12.1 Å². The molecule has 0 atom stereocenters. The summed E-state index contributed by atoms with van der Waals surface area (Å²) in [7, 11) is 0.